The fourth-order valence-electron chi connectivity index (χ4n) is 1.80. The second-order valence-corrected chi connectivity index (χ2v) is 7.53. The smallest absolute Gasteiger partial charge is 0.136 e. The monoisotopic (exact) mass is 294 g/mol. The van der Waals surface area contributed by atoms with Crippen molar-refractivity contribution in [2.45, 2.75) is 50.7 Å². The third-order valence-electron chi connectivity index (χ3n) is 3.49. The topological polar surface area (TPSA) is 49.8 Å². The largest absolute Gasteiger partial charge is 0.370 e. The summed E-state index contributed by atoms with van der Waals surface area (Å²) in [4.78, 5) is 9.30. The Morgan fingerprint density at radius 1 is 1.25 bits per heavy atom. The Bertz CT molecular complexity index is 443. The zero-order valence-electron chi connectivity index (χ0n) is 13.0. The Hall–Kier alpha value is -0.970. The van der Waals surface area contributed by atoms with E-state index < -0.39 is 0 Å². The molecule has 1 fully saturated rings. The molecule has 1 heterocycles. The van der Waals surface area contributed by atoms with E-state index in [9.17, 15) is 0 Å². The molecular formula is C15H26N4S. The van der Waals surface area contributed by atoms with Gasteiger partial charge in [0.15, 0.2) is 0 Å². The van der Waals surface area contributed by atoms with Crippen LogP contribution in [0, 0.1) is 0 Å². The summed E-state index contributed by atoms with van der Waals surface area (Å²) in [6.45, 7) is 8.50. The summed E-state index contributed by atoms with van der Waals surface area (Å²) >= 11 is 1.87. The van der Waals surface area contributed by atoms with Crippen LogP contribution in [-0.4, -0.2) is 34.1 Å². The van der Waals surface area contributed by atoms with E-state index in [0.29, 0.717) is 5.92 Å². The van der Waals surface area contributed by atoms with E-state index in [2.05, 4.69) is 47.6 Å². The molecule has 0 unspecified atom stereocenters. The summed E-state index contributed by atoms with van der Waals surface area (Å²) in [7, 11) is 0. The maximum atomic E-state index is 4.67. The molecule has 20 heavy (non-hydrogen) atoms. The van der Waals surface area contributed by atoms with Gasteiger partial charge < -0.3 is 10.6 Å². The first-order valence-electron chi connectivity index (χ1n) is 7.46. The highest BCUT2D eigenvalue weighted by Gasteiger charge is 2.27. The average Bonchev–Trinajstić information content (AvgIpc) is 3.27. The van der Waals surface area contributed by atoms with Crippen molar-refractivity contribution in [1.29, 1.82) is 0 Å². The molecule has 1 aromatic heterocycles. The summed E-state index contributed by atoms with van der Waals surface area (Å²) in [6, 6.07) is 2.03. The van der Waals surface area contributed by atoms with Gasteiger partial charge in [0.2, 0.25) is 0 Å². The third kappa shape index (κ3) is 4.54. The molecule has 5 heteroatoms. The quantitative estimate of drug-likeness (QED) is 0.765. The van der Waals surface area contributed by atoms with Crippen LogP contribution in [0.3, 0.4) is 0 Å². The van der Waals surface area contributed by atoms with E-state index in [1.165, 1.54) is 12.8 Å². The Morgan fingerprint density at radius 2 is 1.90 bits per heavy atom. The van der Waals surface area contributed by atoms with Crippen LogP contribution in [0.2, 0.25) is 0 Å². The molecule has 1 aromatic rings. The van der Waals surface area contributed by atoms with Gasteiger partial charge in [0.05, 0.1) is 0 Å². The van der Waals surface area contributed by atoms with Crippen LogP contribution in [0.15, 0.2) is 6.07 Å². The molecule has 0 bridgehead atoms. The Morgan fingerprint density at radius 3 is 2.45 bits per heavy atom. The average molecular weight is 294 g/mol. The number of anilines is 2. The van der Waals surface area contributed by atoms with Crippen LogP contribution in [-0.2, 0) is 0 Å². The van der Waals surface area contributed by atoms with E-state index in [0.717, 1.165) is 37.0 Å². The van der Waals surface area contributed by atoms with E-state index in [1.54, 1.807) is 0 Å². The minimum atomic E-state index is 0.210. The van der Waals surface area contributed by atoms with Crippen LogP contribution in [0.1, 0.15) is 51.8 Å². The van der Waals surface area contributed by atoms with Crippen molar-refractivity contribution in [3.8, 4) is 0 Å². The lowest BCUT2D eigenvalue weighted by molar-refractivity contribution is 0.748. The number of nitrogens with one attached hydrogen (secondary N) is 2. The van der Waals surface area contributed by atoms with E-state index in [-0.39, 0.29) is 4.75 Å². The van der Waals surface area contributed by atoms with Gasteiger partial charge in [0, 0.05) is 29.8 Å². The summed E-state index contributed by atoms with van der Waals surface area (Å²) in [6.07, 6.45) is 5.70. The van der Waals surface area contributed by atoms with Crippen molar-refractivity contribution in [3.63, 3.8) is 0 Å². The van der Waals surface area contributed by atoms with Crippen molar-refractivity contribution < 1.29 is 0 Å². The molecule has 0 atom stereocenters. The number of aromatic nitrogens is 2. The molecule has 0 spiro atoms. The molecule has 0 aromatic carbocycles. The Kier molecular flexibility index (Phi) is 5.13. The molecule has 2 rings (SSSR count). The maximum absolute atomic E-state index is 4.67. The number of thioether (sulfide) groups is 1. The van der Waals surface area contributed by atoms with Gasteiger partial charge in [-0.1, -0.05) is 6.92 Å². The molecule has 1 aliphatic rings. The predicted octanol–water partition coefficient (Wildman–Crippen LogP) is 3.73. The van der Waals surface area contributed by atoms with Gasteiger partial charge in [-0.05, 0) is 39.4 Å². The van der Waals surface area contributed by atoms with Gasteiger partial charge in [0.25, 0.3) is 0 Å². The highest BCUT2D eigenvalue weighted by Crippen LogP contribution is 2.38. The summed E-state index contributed by atoms with van der Waals surface area (Å²) in [5.74, 6) is 3.47. The third-order valence-corrected chi connectivity index (χ3v) is 4.74. The molecule has 0 amide bonds. The van der Waals surface area contributed by atoms with E-state index in [4.69, 9.17) is 0 Å². The molecule has 1 saturated carbocycles. The van der Waals surface area contributed by atoms with Crippen LogP contribution in [0.4, 0.5) is 11.6 Å². The molecule has 0 radical (unpaired) electrons. The highest BCUT2D eigenvalue weighted by molar-refractivity contribution is 7.99. The molecule has 0 aliphatic heterocycles. The SMILES string of the molecule is CCCNc1cc(NCC(C)(C)SC)nc(C2CC2)n1. The van der Waals surface area contributed by atoms with Crippen molar-refractivity contribution in [2.24, 2.45) is 0 Å². The first-order valence-corrected chi connectivity index (χ1v) is 8.68. The van der Waals surface area contributed by atoms with Crippen molar-refractivity contribution in [1.82, 2.24) is 9.97 Å². The Balaban J connectivity index is 2.08. The fraction of sp³-hybridized carbons (Fsp3) is 0.733. The molecule has 0 saturated heterocycles. The van der Waals surface area contributed by atoms with E-state index in [1.807, 2.05) is 17.8 Å². The van der Waals surface area contributed by atoms with Gasteiger partial charge in [-0.2, -0.15) is 11.8 Å². The summed E-state index contributed by atoms with van der Waals surface area (Å²) in [5.41, 5.74) is 0. The van der Waals surface area contributed by atoms with Gasteiger partial charge >= 0.3 is 0 Å². The lowest BCUT2D eigenvalue weighted by atomic mass is 10.2. The number of rotatable bonds is 8. The normalized spacial score (nSPS) is 15.2. The standard InChI is InChI=1S/C15H26N4S/c1-5-8-16-12-9-13(17-10-15(2,3)20-4)19-14(18-12)11-6-7-11/h9,11H,5-8,10H2,1-4H3,(H2,16,17,18,19). The van der Waals surface area contributed by atoms with Crippen LogP contribution >= 0.6 is 11.8 Å². The number of hydrogen-bond acceptors (Lipinski definition) is 5. The first kappa shape index (κ1) is 15.4. The van der Waals surface area contributed by atoms with Crippen LogP contribution in [0.5, 0.6) is 0 Å². The lowest BCUT2D eigenvalue weighted by Crippen LogP contribution is -2.26. The van der Waals surface area contributed by atoms with Crippen molar-refractivity contribution in [3.05, 3.63) is 11.9 Å². The van der Waals surface area contributed by atoms with Gasteiger partial charge in [-0.3, -0.25) is 0 Å². The molecular weight excluding hydrogens is 268 g/mol. The summed E-state index contributed by atoms with van der Waals surface area (Å²) < 4.78 is 0.210. The van der Waals surface area contributed by atoms with Gasteiger partial charge in [-0.15, -0.1) is 0 Å². The van der Waals surface area contributed by atoms with Crippen molar-refractivity contribution in [2.75, 3.05) is 30.0 Å². The predicted molar refractivity (Wildman–Crippen MR) is 88.9 cm³/mol. The maximum Gasteiger partial charge on any atom is 0.136 e. The zero-order chi connectivity index (χ0) is 14.6. The Labute approximate surface area is 126 Å². The zero-order valence-corrected chi connectivity index (χ0v) is 13.8. The van der Waals surface area contributed by atoms with Gasteiger partial charge in [-0.25, -0.2) is 9.97 Å². The van der Waals surface area contributed by atoms with Crippen molar-refractivity contribution >= 4 is 23.4 Å². The lowest BCUT2D eigenvalue weighted by Gasteiger charge is -2.23. The van der Waals surface area contributed by atoms with Crippen LogP contribution in [0.25, 0.3) is 0 Å². The summed E-state index contributed by atoms with van der Waals surface area (Å²) in [5, 5.41) is 6.84. The first-order chi connectivity index (χ1) is 9.54. The number of hydrogen-bond donors (Lipinski definition) is 2. The van der Waals surface area contributed by atoms with Gasteiger partial charge in [0.1, 0.15) is 17.5 Å². The molecule has 2 N–H and O–H groups in total. The minimum absolute atomic E-state index is 0.210. The minimum Gasteiger partial charge on any atom is -0.370 e. The molecule has 1 aliphatic carbocycles. The second-order valence-electron chi connectivity index (χ2n) is 6.02. The fourth-order valence-corrected chi connectivity index (χ4v) is 2.02. The molecule has 4 nitrogen and oxygen atoms in total. The van der Waals surface area contributed by atoms with E-state index >= 15 is 0 Å². The number of nitrogens with zero attached hydrogens (tertiary/aromatic N) is 2. The molecule has 112 valence electrons. The second kappa shape index (κ2) is 6.66. The highest BCUT2D eigenvalue weighted by atomic mass is 32.2. The van der Waals surface area contributed by atoms with Crippen LogP contribution < -0.4 is 10.6 Å².